The van der Waals surface area contributed by atoms with E-state index >= 15 is 0 Å². The largest absolute Gasteiger partial charge is 0.379 e. The lowest BCUT2D eigenvalue weighted by Gasteiger charge is -2.32. The molecule has 0 bridgehead atoms. The number of fused-ring (bicyclic) bond motifs is 2. The molecular weight excluding hydrogens is 1020 g/mol. The molecule has 4 aromatic heterocycles. The lowest BCUT2D eigenvalue weighted by atomic mass is 10.00. The Labute approximate surface area is 468 Å². The minimum atomic E-state index is -0.670. The van der Waals surface area contributed by atoms with Gasteiger partial charge in [0.1, 0.15) is 18.8 Å². The zero-order valence-electron chi connectivity index (χ0n) is 47.3. The SMILES string of the molecule is CN[C@@H](C)C(=O)N[C@H](C(=O)N1CCC[C@H]1c1cncc(-n2cc(C(=O)NCCCOCCOCNC(=O)c3cn(-c4cncc([C@@H]5CCCN5C(=O)[C@@H](NC(=O)[C@H](C)NC)C(C)C)c4)c4ccccc34)c3ccccc32)c1)C(C)C. The molecule has 2 aliphatic heterocycles. The Morgan fingerprint density at radius 3 is 1.50 bits per heavy atom. The zero-order chi connectivity index (χ0) is 57.0. The number of carbonyl (C=O) groups excluding carboxylic acids is 6. The minimum absolute atomic E-state index is 0.0326. The van der Waals surface area contributed by atoms with Crippen LogP contribution in [0.2, 0.25) is 0 Å². The lowest BCUT2D eigenvalue weighted by Crippen LogP contribution is -2.54. The first-order valence-electron chi connectivity index (χ1n) is 28.0. The Balaban J connectivity index is 0.804. The monoisotopic (exact) mass is 1090 g/mol. The van der Waals surface area contributed by atoms with Crippen LogP contribution in [-0.4, -0.2) is 149 Å². The third-order valence-electron chi connectivity index (χ3n) is 15.4. The molecule has 2 fully saturated rings. The summed E-state index contributed by atoms with van der Waals surface area (Å²) in [6.07, 6.45) is 14.4. The number of rotatable bonds is 25. The van der Waals surface area contributed by atoms with Gasteiger partial charge in [0.2, 0.25) is 23.6 Å². The fraction of sp³-hybridized carbons (Fsp3) is 0.467. The van der Waals surface area contributed by atoms with E-state index in [0.717, 1.165) is 70.0 Å². The van der Waals surface area contributed by atoms with E-state index in [1.54, 1.807) is 58.9 Å². The molecule has 0 spiro atoms. The van der Waals surface area contributed by atoms with E-state index in [4.69, 9.17) is 9.47 Å². The van der Waals surface area contributed by atoms with Gasteiger partial charge in [-0.25, -0.2) is 0 Å². The van der Waals surface area contributed by atoms with Crippen LogP contribution < -0.4 is 31.9 Å². The lowest BCUT2D eigenvalue weighted by molar-refractivity contribution is -0.139. The predicted molar refractivity (Wildman–Crippen MR) is 306 cm³/mol. The molecule has 6 N–H and O–H groups in total. The van der Waals surface area contributed by atoms with Gasteiger partial charge in [0.25, 0.3) is 11.8 Å². The van der Waals surface area contributed by atoms with Crippen molar-refractivity contribution in [1.29, 1.82) is 0 Å². The van der Waals surface area contributed by atoms with E-state index in [-0.39, 0.29) is 79.3 Å². The van der Waals surface area contributed by atoms with Crippen molar-refractivity contribution in [2.24, 2.45) is 11.8 Å². The number of amides is 6. The zero-order valence-corrected chi connectivity index (χ0v) is 47.3. The van der Waals surface area contributed by atoms with Gasteiger partial charge >= 0.3 is 0 Å². The van der Waals surface area contributed by atoms with Gasteiger partial charge in [0, 0.05) is 61.8 Å². The second-order valence-corrected chi connectivity index (χ2v) is 21.5. The summed E-state index contributed by atoms with van der Waals surface area (Å²) in [4.78, 5) is 93.9. The number of ether oxygens (including phenoxy) is 2. The molecule has 2 aliphatic rings. The van der Waals surface area contributed by atoms with Gasteiger partial charge < -0.3 is 60.3 Å². The van der Waals surface area contributed by atoms with Crippen molar-refractivity contribution in [2.75, 3.05) is 60.3 Å². The summed E-state index contributed by atoms with van der Waals surface area (Å²) < 4.78 is 15.4. The standard InChI is InChI=1S/C60H78N12O8/c1-37(2)53(67-55(73)39(5)61-7)59(77)69-23-13-20-49(69)41-28-43(32-63-30-41)71-34-47(45-16-9-11-18-51(45)71)57(75)65-22-15-25-79-26-27-80-36-66-58(76)48-35-72(52-19-12-10-17-46(48)52)44-29-42(31-64-33-44)50-21-14-24-70(50)60(78)54(38(3)4)68-56(74)40(6)62-8/h9-12,16-19,28-35,37-40,49-50,53-54,61-62H,13-15,20-27,36H2,1-8H3,(H,65,75)(H,66,76)(H,67,73)(H,68,74)/t39-,40-,49-,50-,53-,54-/m0/s1. The molecule has 2 aromatic carbocycles. The number of pyridine rings is 2. The molecule has 6 aromatic rings. The third kappa shape index (κ3) is 13.4. The molecule has 2 saturated heterocycles. The highest BCUT2D eigenvalue weighted by Crippen LogP contribution is 2.36. The van der Waals surface area contributed by atoms with E-state index in [0.29, 0.717) is 43.8 Å². The molecule has 0 aliphatic carbocycles. The van der Waals surface area contributed by atoms with Crippen LogP contribution in [-0.2, 0) is 28.7 Å². The summed E-state index contributed by atoms with van der Waals surface area (Å²) in [6, 6.07) is 16.7. The van der Waals surface area contributed by atoms with Crippen LogP contribution >= 0.6 is 0 Å². The molecule has 6 amide bonds. The maximum Gasteiger partial charge on any atom is 0.255 e. The number of aromatic nitrogens is 4. The number of hydrogen-bond acceptors (Lipinski definition) is 12. The summed E-state index contributed by atoms with van der Waals surface area (Å²) in [5.41, 5.74) is 5.90. The van der Waals surface area contributed by atoms with E-state index < -0.39 is 24.2 Å². The van der Waals surface area contributed by atoms with Crippen molar-refractivity contribution in [1.82, 2.24) is 60.8 Å². The summed E-state index contributed by atoms with van der Waals surface area (Å²) in [7, 11) is 3.42. The second-order valence-electron chi connectivity index (χ2n) is 21.5. The molecule has 426 valence electrons. The van der Waals surface area contributed by atoms with E-state index in [1.165, 1.54) is 0 Å². The van der Waals surface area contributed by atoms with Gasteiger partial charge in [0.05, 0.1) is 83.3 Å². The maximum atomic E-state index is 14.0. The highest BCUT2D eigenvalue weighted by atomic mass is 16.5. The van der Waals surface area contributed by atoms with Gasteiger partial charge in [0.15, 0.2) is 0 Å². The average molecular weight is 1100 g/mol. The van der Waals surface area contributed by atoms with Crippen molar-refractivity contribution in [3.05, 3.63) is 120 Å². The number of likely N-dealkylation sites (tertiary alicyclic amines) is 2. The normalized spacial score (nSPS) is 17.0. The van der Waals surface area contributed by atoms with Crippen LogP contribution in [0.5, 0.6) is 0 Å². The molecule has 6 atom stereocenters. The third-order valence-corrected chi connectivity index (χ3v) is 15.4. The van der Waals surface area contributed by atoms with Crippen molar-refractivity contribution < 1.29 is 38.2 Å². The van der Waals surface area contributed by atoms with Crippen LogP contribution in [0.4, 0.5) is 0 Å². The van der Waals surface area contributed by atoms with Crippen LogP contribution in [0.15, 0.2) is 97.8 Å². The van der Waals surface area contributed by atoms with Crippen molar-refractivity contribution in [3.8, 4) is 11.4 Å². The molecule has 0 unspecified atom stereocenters. The van der Waals surface area contributed by atoms with E-state index in [2.05, 4.69) is 41.9 Å². The highest BCUT2D eigenvalue weighted by Gasteiger charge is 2.38. The summed E-state index contributed by atoms with van der Waals surface area (Å²) in [5, 5.41) is 19.3. The number of nitrogens with zero attached hydrogens (tertiary/aromatic N) is 6. The van der Waals surface area contributed by atoms with Gasteiger partial charge in [-0.05, 0) is 107 Å². The Kier molecular flexibility index (Phi) is 19.9. The van der Waals surface area contributed by atoms with Gasteiger partial charge in [-0.3, -0.25) is 38.7 Å². The van der Waals surface area contributed by atoms with Crippen molar-refractivity contribution in [3.63, 3.8) is 0 Å². The number of para-hydroxylation sites is 2. The van der Waals surface area contributed by atoms with Crippen LogP contribution in [0.25, 0.3) is 33.2 Å². The molecule has 8 rings (SSSR count). The molecule has 0 saturated carbocycles. The van der Waals surface area contributed by atoms with Gasteiger partial charge in [-0.15, -0.1) is 0 Å². The van der Waals surface area contributed by atoms with Gasteiger partial charge in [-0.1, -0.05) is 64.1 Å². The number of nitrogens with one attached hydrogen (secondary N) is 6. The Morgan fingerprint density at radius 1 is 0.588 bits per heavy atom. The topological polar surface area (TPSA) is 235 Å². The Bertz CT molecular complexity index is 2950. The summed E-state index contributed by atoms with van der Waals surface area (Å²) in [5.74, 6) is -1.43. The second kappa shape index (κ2) is 27.1. The number of hydrogen-bond donors (Lipinski definition) is 6. The first-order chi connectivity index (χ1) is 38.6. The van der Waals surface area contributed by atoms with Crippen molar-refractivity contribution >= 4 is 57.2 Å². The molecule has 80 heavy (non-hydrogen) atoms. The molecular formula is C60H78N12O8. The maximum absolute atomic E-state index is 14.0. The van der Waals surface area contributed by atoms with E-state index in [9.17, 15) is 28.8 Å². The molecule has 20 heteroatoms. The van der Waals surface area contributed by atoms with Crippen molar-refractivity contribution in [2.45, 2.75) is 110 Å². The Hall–Kier alpha value is -7.52. The highest BCUT2D eigenvalue weighted by molar-refractivity contribution is 6.08. The predicted octanol–water partition coefficient (Wildman–Crippen LogP) is 5.73. The number of carbonyl (C=O) groups is 6. The van der Waals surface area contributed by atoms with E-state index in [1.807, 2.05) is 113 Å². The first-order valence-corrected chi connectivity index (χ1v) is 28.0. The smallest absolute Gasteiger partial charge is 0.255 e. The number of benzene rings is 2. The van der Waals surface area contributed by atoms with Crippen LogP contribution in [0.3, 0.4) is 0 Å². The molecule has 0 radical (unpaired) electrons. The summed E-state index contributed by atoms with van der Waals surface area (Å²) >= 11 is 0. The van der Waals surface area contributed by atoms with Crippen LogP contribution in [0.1, 0.15) is 118 Å². The fourth-order valence-electron chi connectivity index (χ4n) is 10.6. The minimum Gasteiger partial charge on any atom is -0.379 e. The molecule has 6 heterocycles. The Morgan fingerprint density at radius 2 is 1.04 bits per heavy atom. The van der Waals surface area contributed by atoms with Gasteiger partial charge in [-0.2, -0.15) is 0 Å². The fourth-order valence-corrected chi connectivity index (χ4v) is 10.6. The quantitative estimate of drug-likeness (QED) is 0.0298. The first kappa shape index (κ1) is 58.6. The van der Waals surface area contributed by atoms with Crippen LogP contribution in [0, 0.1) is 11.8 Å². The number of likely N-dealkylation sites (N-methyl/N-ethyl adjacent to an activating group) is 2. The average Bonchev–Trinajstić information content (AvgIpc) is 4.41. The molecule has 20 nitrogen and oxygen atoms in total. The summed E-state index contributed by atoms with van der Waals surface area (Å²) in [6.45, 7) is 13.7.